The summed E-state index contributed by atoms with van der Waals surface area (Å²) >= 11 is 0. The van der Waals surface area contributed by atoms with Crippen LogP contribution < -0.4 is 5.73 Å². The fraction of sp³-hybridized carbons (Fsp3) is 0.632. The standard InChI is InChI=1S/C19H30N2O.ClH/c1-15(2)11-12-17-10-6-7-13-21(17)19(22)14-18(20)16-8-4-3-5-9-16;/h3-5,8-9,15,17-18H,6-7,10-14,20H2,1-2H3;1H. The van der Waals surface area contributed by atoms with E-state index in [1.54, 1.807) is 0 Å². The molecule has 1 aliphatic heterocycles. The largest absolute Gasteiger partial charge is 0.340 e. The van der Waals surface area contributed by atoms with Crippen molar-refractivity contribution in [3.63, 3.8) is 0 Å². The van der Waals surface area contributed by atoms with E-state index in [0.29, 0.717) is 18.4 Å². The molecule has 2 N–H and O–H groups in total. The molecule has 3 nitrogen and oxygen atoms in total. The summed E-state index contributed by atoms with van der Waals surface area (Å²) in [5.74, 6) is 0.926. The number of carbonyl (C=O) groups excluding carboxylic acids is 1. The number of rotatable bonds is 6. The highest BCUT2D eigenvalue weighted by atomic mass is 35.5. The van der Waals surface area contributed by atoms with Crippen molar-refractivity contribution < 1.29 is 4.79 Å². The van der Waals surface area contributed by atoms with Crippen LogP contribution in [0.2, 0.25) is 0 Å². The smallest absolute Gasteiger partial charge is 0.224 e. The number of benzene rings is 1. The molecular weight excluding hydrogens is 308 g/mol. The van der Waals surface area contributed by atoms with E-state index in [9.17, 15) is 4.79 Å². The van der Waals surface area contributed by atoms with Gasteiger partial charge in [-0.3, -0.25) is 4.79 Å². The molecule has 1 heterocycles. The first-order chi connectivity index (χ1) is 10.6. The van der Waals surface area contributed by atoms with E-state index >= 15 is 0 Å². The van der Waals surface area contributed by atoms with Gasteiger partial charge in [-0.05, 0) is 43.6 Å². The minimum absolute atomic E-state index is 0. The quantitative estimate of drug-likeness (QED) is 0.839. The number of hydrogen-bond donors (Lipinski definition) is 1. The van der Waals surface area contributed by atoms with Crippen LogP contribution in [-0.2, 0) is 4.79 Å². The van der Waals surface area contributed by atoms with Crippen LogP contribution >= 0.6 is 12.4 Å². The average Bonchev–Trinajstić information content (AvgIpc) is 2.54. The zero-order valence-corrected chi connectivity index (χ0v) is 15.2. The Morgan fingerprint density at radius 3 is 2.61 bits per heavy atom. The maximum Gasteiger partial charge on any atom is 0.224 e. The Hall–Kier alpha value is -1.06. The average molecular weight is 339 g/mol. The first-order valence-electron chi connectivity index (χ1n) is 8.68. The number of carbonyl (C=O) groups is 1. The van der Waals surface area contributed by atoms with Gasteiger partial charge in [0.05, 0.1) is 0 Å². The summed E-state index contributed by atoms with van der Waals surface area (Å²) in [4.78, 5) is 14.8. The van der Waals surface area contributed by atoms with Gasteiger partial charge in [-0.15, -0.1) is 12.4 Å². The van der Waals surface area contributed by atoms with Gasteiger partial charge in [0.1, 0.15) is 0 Å². The van der Waals surface area contributed by atoms with Crippen molar-refractivity contribution in [3.05, 3.63) is 35.9 Å². The predicted molar refractivity (Wildman–Crippen MR) is 98.7 cm³/mol. The van der Waals surface area contributed by atoms with Crippen molar-refractivity contribution in [2.24, 2.45) is 11.7 Å². The Labute approximate surface area is 147 Å². The summed E-state index contributed by atoms with van der Waals surface area (Å²) in [5, 5.41) is 0. The Balaban J connectivity index is 0.00000264. The normalized spacial score (nSPS) is 19.3. The van der Waals surface area contributed by atoms with Gasteiger partial charge in [0.15, 0.2) is 0 Å². The molecule has 0 saturated carbocycles. The molecule has 130 valence electrons. The van der Waals surface area contributed by atoms with Crippen molar-refractivity contribution in [1.82, 2.24) is 4.90 Å². The third-order valence-electron chi connectivity index (χ3n) is 4.65. The number of piperidine rings is 1. The van der Waals surface area contributed by atoms with E-state index in [4.69, 9.17) is 5.73 Å². The first-order valence-corrected chi connectivity index (χ1v) is 8.68. The van der Waals surface area contributed by atoms with Crippen LogP contribution in [0.15, 0.2) is 30.3 Å². The van der Waals surface area contributed by atoms with Gasteiger partial charge in [-0.1, -0.05) is 44.2 Å². The van der Waals surface area contributed by atoms with Crippen LogP contribution in [0.4, 0.5) is 0 Å². The van der Waals surface area contributed by atoms with Crippen LogP contribution in [-0.4, -0.2) is 23.4 Å². The molecule has 2 atom stereocenters. The van der Waals surface area contributed by atoms with E-state index in [0.717, 1.165) is 31.4 Å². The Kier molecular flexibility index (Phi) is 8.64. The molecule has 1 aromatic carbocycles. The summed E-state index contributed by atoms with van der Waals surface area (Å²) in [6, 6.07) is 10.2. The first kappa shape index (κ1) is 20.0. The predicted octanol–water partition coefficient (Wildman–Crippen LogP) is 4.32. The van der Waals surface area contributed by atoms with E-state index in [1.165, 1.54) is 12.8 Å². The molecule has 0 aromatic heterocycles. The van der Waals surface area contributed by atoms with Gasteiger partial charge in [0, 0.05) is 25.0 Å². The van der Waals surface area contributed by atoms with Crippen molar-refractivity contribution in [2.45, 2.75) is 64.5 Å². The SMILES string of the molecule is CC(C)CCC1CCCCN1C(=O)CC(N)c1ccccc1.Cl. The molecule has 1 saturated heterocycles. The Bertz CT molecular complexity index is 464. The van der Waals surface area contributed by atoms with Crippen molar-refractivity contribution >= 4 is 18.3 Å². The van der Waals surface area contributed by atoms with Gasteiger partial charge >= 0.3 is 0 Å². The monoisotopic (exact) mass is 338 g/mol. The van der Waals surface area contributed by atoms with E-state index < -0.39 is 0 Å². The molecular formula is C19H31ClN2O. The van der Waals surface area contributed by atoms with E-state index in [2.05, 4.69) is 18.7 Å². The van der Waals surface area contributed by atoms with Crippen LogP contribution in [0, 0.1) is 5.92 Å². The number of halogens is 1. The minimum atomic E-state index is -0.193. The number of nitrogens with zero attached hydrogens (tertiary/aromatic N) is 1. The summed E-state index contributed by atoms with van der Waals surface area (Å²) < 4.78 is 0. The highest BCUT2D eigenvalue weighted by Gasteiger charge is 2.27. The Morgan fingerprint density at radius 2 is 1.96 bits per heavy atom. The topological polar surface area (TPSA) is 46.3 Å². The minimum Gasteiger partial charge on any atom is -0.340 e. The number of amides is 1. The van der Waals surface area contributed by atoms with Gasteiger partial charge in [-0.25, -0.2) is 0 Å². The molecule has 0 radical (unpaired) electrons. The molecule has 0 bridgehead atoms. The zero-order chi connectivity index (χ0) is 15.9. The molecule has 1 aliphatic rings. The van der Waals surface area contributed by atoms with Crippen LogP contribution in [0.3, 0.4) is 0 Å². The molecule has 23 heavy (non-hydrogen) atoms. The lowest BCUT2D eigenvalue weighted by Gasteiger charge is -2.37. The van der Waals surface area contributed by atoms with Gasteiger partial charge < -0.3 is 10.6 Å². The second kappa shape index (κ2) is 9.94. The van der Waals surface area contributed by atoms with Crippen molar-refractivity contribution in [3.8, 4) is 0 Å². The van der Waals surface area contributed by atoms with Gasteiger partial charge in [0.2, 0.25) is 5.91 Å². The fourth-order valence-electron chi connectivity index (χ4n) is 3.28. The summed E-state index contributed by atoms with van der Waals surface area (Å²) in [6.07, 6.45) is 6.27. The fourth-order valence-corrected chi connectivity index (χ4v) is 3.28. The van der Waals surface area contributed by atoms with Crippen molar-refractivity contribution in [2.75, 3.05) is 6.54 Å². The summed E-state index contributed by atoms with van der Waals surface area (Å²) in [5.41, 5.74) is 7.27. The molecule has 1 amide bonds. The number of likely N-dealkylation sites (tertiary alicyclic amines) is 1. The Morgan fingerprint density at radius 1 is 1.26 bits per heavy atom. The molecule has 0 spiro atoms. The molecule has 2 rings (SSSR count). The molecule has 1 fully saturated rings. The van der Waals surface area contributed by atoms with Crippen LogP contribution in [0.1, 0.15) is 64.0 Å². The highest BCUT2D eigenvalue weighted by Crippen LogP contribution is 2.25. The third-order valence-corrected chi connectivity index (χ3v) is 4.65. The second-order valence-corrected chi connectivity index (χ2v) is 6.93. The van der Waals surface area contributed by atoms with E-state index in [1.807, 2.05) is 30.3 Å². The second-order valence-electron chi connectivity index (χ2n) is 6.93. The maximum absolute atomic E-state index is 12.7. The zero-order valence-electron chi connectivity index (χ0n) is 14.4. The van der Waals surface area contributed by atoms with Crippen LogP contribution in [0.5, 0.6) is 0 Å². The third kappa shape index (κ3) is 6.15. The molecule has 2 unspecified atom stereocenters. The van der Waals surface area contributed by atoms with E-state index in [-0.39, 0.29) is 24.4 Å². The summed E-state index contributed by atoms with van der Waals surface area (Å²) in [6.45, 7) is 5.41. The number of nitrogens with two attached hydrogens (primary N) is 1. The van der Waals surface area contributed by atoms with Gasteiger partial charge in [0.25, 0.3) is 0 Å². The lowest BCUT2D eigenvalue weighted by atomic mass is 9.94. The lowest BCUT2D eigenvalue weighted by Crippen LogP contribution is -2.44. The lowest BCUT2D eigenvalue weighted by molar-refractivity contribution is -0.135. The van der Waals surface area contributed by atoms with Crippen molar-refractivity contribution in [1.29, 1.82) is 0 Å². The number of hydrogen-bond acceptors (Lipinski definition) is 2. The summed E-state index contributed by atoms with van der Waals surface area (Å²) in [7, 11) is 0. The van der Waals surface area contributed by atoms with Crippen LogP contribution in [0.25, 0.3) is 0 Å². The highest BCUT2D eigenvalue weighted by molar-refractivity contribution is 5.85. The molecule has 0 aliphatic carbocycles. The molecule has 1 aromatic rings. The van der Waals surface area contributed by atoms with Gasteiger partial charge in [-0.2, -0.15) is 0 Å². The molecule has 4 heteroatoms. The maximum atomic E-state index is 12.7.